The van der Waals surface area contributed by atoms with Gasteiger partial charge in [-0.1, -0.05) is 0 Å². The molecular weight excluding hydrogens is 218 g/mol. The zero-order valence-electron chi connectivity index (χ0n) is 11.0. The number of imide groups is 1. The van der Waals surface area contributed by atoms with Crippen molar-refractivity contribution in [2.75, 3.05) is 19.6 Å². The van der Waals surface area contributed by atoms with Gasteiger partial charge in [-0.3, -0.25) is 14.6 Å². The van der Waals surface area contributed by atoms with Crippen LogP contribution in [0.25, 0.3) is 0 Å². The highest BCUT2D eigenvalue weighted by Crippen LogP contribution is 2.32. The molecular formula is C12H21N3O2. The van der Waals surface area contributed by atoms with Gasteiger partial charge in [-0.25, -0.2) is 4.79 Å². The standard InChI is InChI=1S/C12H21N3O2/c1-5-15-9(16)12(13-10(15)17)6-7-14(8-12)11(2,3)4/h5-8H2,1-4H3,(H,13,17). The van der Waals surface area contributed by atoms with E-state index in [1.807, 2.05) is 6.92 Å². The van der Waals surface area contributed by atoms with E-state index in [9.17, 15) is 9.59 Å². The summed E-state index contributed by atoms with van der Waals surface area (Å²) in [6.45, 7) is 10.1. The molecule has 0 aliphatic carbocycles. The number of nitrogens with zero attached hydrogens (tertiary/aromatic N) is 2. The summed E-state index contributed by atoms with van der Waals surface area (Å²) in [5, 5.41) is 2.88. The highest BCUT2D eigenvalue weighted by molar-refractivity contribution is 6.07. The summed E-state index contributed by atoms with van der Waals surface area (Å²) in [6.07, 6.45) is 0.714. The summed E-state index contributed by atoms with van der Waals surface area (Å²) in [5.41, 5.74) is -0.630. The molecule has 0 aromatic heterocycles. The van der Waals surface area contributed by atoms with Crippen molar-refractivity contribution in [2.45, 2.75) is 45.2 Å². The van der Waals surface area contributed by atoms with E-state index in [0.717, 1.165) is 6.54 Å². The zero-order chi connectivity index (χ0) is 12.8. The molecule has 5 nitrogen and oxygen atoms in total. The number of likely N-dealkylation sites (tertiary alicyclic amines) is 1. The molecule has 0 saturated carbocycles. The fourth-order valence-electron chi connectivity index (χ4n) is 2.62. The van der Waals surface area contributed by atoms with Gasteiger partial charge in [0.05, 0.1) is 0 Å². The average Bonchev–Trinajstić information content (AvgIpc) is 2.72. The molecule has 2 aliphatic heterocycles. The normalized spacial score (nSPS) is 30.5. The smallest absolute Gasteiger partial charge is 0.322 e. The highest BCUT2D eigenvalue weighted by Gasteiger charge is 2.55. The highest BCUT2D eigenvalue weighted by atomic mass is 16.2. The fourth-order valence-corrected chi connectivity index (χ4v) is 2.62. The lowest BCUT2D eigenvalue weighted by molar-refractivity contribution is -0.130. The van der Waals surface area contributed by atoms with E-state index in [2.05, 4.69) is 31.0 Å². The number of hydrogen-bond acceptors (Lipinski definition) is 3. The van der Waals surface area contributed by atoms with Crippen molar-refractivity contribution in [3.8, 4) is 0 Å². The molecule has 2 fully saturated rings. The van der Waals surface area contributed by atoms with Gasteiger partial charge < -0.3 is 5.32 Å². The van der Waals surface area contributed by atoms with Gasteiger partial charge in [-0.05, 0) is 34.1 Å². The maximum Gasteiger partial charge on any atom is 0.325 e. The van der Waals surface area contributed by atoms with Crippen molar-refractivity contribution in [2.24, 2.45) is 0 Å². The van der Waals surface area contributed by atoms with Gasteiger partial charge in [0.25, 0.3) is 5.91 Å². The van der Waals surface area contributed by atoms with E-state index in [-0.39, 0.29) is 17.5 Å². The molecule has 17 heavy (non-hydrogen) atoms. The number of carbonyl (C=O) groups is 2. The van der Waals surface area contributed by atoms with Crippen LogP contribution in [-0.2, 0) is 4.79 Å². The zero-order valence-corrected chi connectivity index (χ0v) is 11.0. The van der Waals surface area contributed by atoms with Gasteiger partial charge in [0.1, 0.15) is 5.54 Å². The number of carbonyl (C=O) groups excluding carboxylic acids is 2. The average molecular weight is 239 g/mol. The van der Waals surface area contributed by atoms with Crippen LogP contribution >= 0.6 is 0 Å². The van der Waals surface area contributed by atoms with E-state index in [4.69, 9.17) is 0 Å². The van der Waals surface area contributed by atoms with Crippen molar-refractivity contribution in [3.05, 3.63) is 0 Å². The van der Waals surface area contributed by atoms with Crippen molar-refractivity contribution in [1.29, 1.82) is 0 Å². The maximum absolute atomic E-state index is 12.3. The van der Waals surface area contributed by atoms with Crippen LogP contribution in [0.2, 0.25) is 0 Å². The number of nitrogens with one attached hydrogen (secondary N) is 1. The van der Waals surface area contributed by atoms with Crippen molar-refractivity contribution in [3.63, 3.8) is 0 Å². The first kappa shape index (κ1) is 12.4. The van der Waals surface area contributed by atoms with E-state index in [1.54, 1.807) is 0 Å². The van der Waals surface area contributed by atoms with E-state index in [0.29, 0.717) is 19.5 Å². The summed E-state index contributed by atoms with van der Waals surface area (Å²) < 4.78 is 0. The summed E-state index contributed by atoms with van der Waals surface area (Å²) in [6, 6.07) is -0.242. The SMILES string of the molecule is CCN1C(=O)NC2(CCN(C(C)(C)C)C2)C1=O. The molecule has 1 N–H and O–H groups in total. The van der Waals surface area contributed by atoms with Gasteiger partial charge in [0, 0.05) is 25.2 Å². The van der Waals surface area contributed by atoms with Crippen LogP contribution in [0, 0.1) is 0 Å². The minimum absolute atomic E-state index is 0.0359. The lowest BCUT2D eigenvalue weighted by atomic mass is 9.98. The Morgan fingerprint density at radius 1 is 1.35 bits per heavy atom. The monoisotopic (exact) mass is 239 g/mol. The summed E-state index contributed by atoms with van der Waals surface area (Å²) >= 11 is 0. The van der Waals surface area contributed by atoms with Crippen molar-refractivity contribution >= 4 is 11.9 Å². The van der Waals surface area contributed by atoms with Gasteiger partial charge in [0.2, 0.25) is 0 Å². The molecule has 96 valence electrons. The summed E-state index contributed by atoms with van der Waals surface area (Å²) in [7, 11) is 0. The van der Waals surface area contributed by atoms with E-state index in [1.165, 1.54) is 4.90 Å². The number of rotatable bonds is 1. The van der Waals surface area contributed by atoms with Crippen LogP contribution in [0.3, 0.4) is 0 Å². The number of amides is 3. The Balaban J connectivity index is 2.19. The largest absolute Gasteiger partial charge is 0.325 e. The molecule has 2 heterocycles. The maximum atomic E-state index is 12.3. The molecule has 2 aliphatic rings. The second-order valence-corrected chi connectivity index (χ2v) is 5.90. The Bertz CT molecular complexity index is 361. The third kappa shape index (κ3) is 1.82. The van der Waals surface area contributed by atoms with E-state index < -0.39 is 5.54 Å². The summed E-state index contributed by atoms with van der Waals surface area (Å²) in [4.78, 5) is 27.5. The molecule has 1 spiro atoms. The molecule has 0 aromatic carbocycles. The van der Waals surface area contributed by atoms with Gasteiger partial charge in [-0.15, -0.1) is 0 Å². The van der Waals surface area contributed by atoms with Crippen molar-refractivity contribution in [1.82, 2.24) is 15.1 Å². The minimum Gasteiger partial charge on any atom is -0.322 e. The molecule has 1 unspecified atom stereocenters. The van der Waals surface area contributed by atoms with Crippen LogP contribution in [-0.4, -0.2) is 52.5 Å². The van der Waals surface area contributed by atoms with Crippen molar-refractivity contribution < 1.29 is 9.59 Å². The number of likely N-dealkylation sites (N-methyl/N-ethyl adjacent to an activating group) is 1. The molecule has 0 aromatic rings. The Morgan fingerprint density at radius 3 is 2.41 bits per heavy atom. The Kier molecular flexibility index (Phi) is 2.69. The minimum atomic E-state index is -0.666. The number of urea groups is 1. The van der Waals surface area contributed by atoms with Crippen LogP contribution < -0.4 is 5.32 Å². The third-order valence-electron chi connectivity index (χ3n) is 3.78. The van der Waals surface area contributed by atoms with Gasteiger partial charge in [-0.2, -0.15) is 0 Å². The van der Waals surface area contributed by atoms with E-state index >= 15 is 0 Å². The molecule has 1 atom stereocenters. The molecule has 0 radical (unpaired) electrons. The number of hydrogen-bond donors (Lipinski definition) is 1. The Labute approximate surface area is 102 Å². The lowest BCUT2D eigenvalue weighted by Crippen LogP contribution is -2.51. The topological polar surface area (TPSA) is 52.7 Å². The van der Waals surface area contributed by atoms with Crippen LogP contribution in [0.4, 0.5) is 4.79 Å². The molecule has 5 heteroatoms. The van der Waals surface area contributed by atoms with Crippen LogP contribution in [0.1, 0.15) is 34.1 Å². The Morgan fingerprint density at radius 2 is 2.00 bits per heavy atom. The predicted octanol–water partition coefficient (Wildman–Crippen LogP) is 0.801. The second-order valence-electron chi connectivity index (χ2n) is 5.90. The summed E-state index contributed by atoms with van der Waals surface area (Å²) in [5.74, 6) is -0.0586. The first-order valence-electron chi connectivity index (χ1n) is 6.19. The molecule has 2 rings (SSSR count). The first-order chi connectivity index (χ1) is 7.80. The molecule has 0 bridgehead atoms. The predicted molar refractivity (Wildman–Crippen MR) is 64.6 cm³/mol. The quantitative estimate of drug-likeness (QED) is 0.689. The third-order valence-corrected chi connectivity index (χ3v) is 3.78. The van der Waals surface area contributed by atoms with Gasteiger partial charge in [0.15, 0.2) is 0 Å². The molecule has 3 amide bonds. The van der Waals surface area contributed by atoms with Crippen LogP contribution in [0.5, 0.6) is 0 Å². The first-order valence-corrected chi connectivity index (χ1v) is 6.19. The second kappa shape index (κ2) is 3.70. The lowest BCUT2D eigenvalue weighted by Gasteiger charge is -2.32. The van der Waals surface area contributed by atoms with Gasteiger partial charge >= 0.3 is 6.03 Å². The Hall–Kier alpha value is -1.10. The van der Waals surface area contributed by atoms with Crippen LogP contribution in [0.15, 0.2) is 0 Å². The fraction of sp³-hybridized carbons (Fsp3) is 0.833. The molecule has 2 saturated heterocycles.